The van der Waals surface area contributed by atoms with E-state index < -0.39 is 0 Å². The van der Waals surface area contributed by atoms with Crippen molar-refractivity contribution in [3.63, 3.8) is 0 Å². The van der Waals surface area contributed by atoms with Gasteiger partial charge >= 0.3 is 0 Å². The lowest BCUT2D eigenvalue weighted by Crippen LogP contribution is -1.68. The highest BCUT2D eigenvalue weighted by Crippen LogP contribution is 2.36. The van der Waals surface area contributed by atoms with Gasteiger partial charge < -0.3 is 0 Å². The van der Waals surface area contributed by atoms with Gasteiger partial charge in [0.15, 0.2) is 0 Å². The molecule has 0 aliphatic heterocycles. The summed E-state index contributed by atoms with van der Waals surface area (Å²) in [6.07, 6.45) is 0. The van der Waals surface area contributed by atoms with E-state index in [9.17, 15) is 0 Å². The van der Waals surface area contributed by atoms with Crippen LogP contribution in [-0.2, 0) is 5.33 Å². The molecule has 0 spiro atoms. The molecule has 1 aromatic carbocycles. The maximum Gasteiger partial charge on any atom is 0.0679 e. The van der Waals surface area contributed by atoms with Crippen molar-refractivity contribution in [3.05, 3.63) is 33.1 Å². The Morgan fingerprint density at radius 1 is 1.31 bits per heavy atom. The zero-order valence-electron chi connectivity index (χ0n) is 6.48. The van der Waals surface area contributed by atoms with Crippen molar-refractivity contribution in [3.8, 4) is 0 Å². The first kappa shape index (κ1) is 9.78. The summed E-state index contributed by atoms with van der Waals surface area (Å²) >= 11 is 17.1. The lowest BCUT2D eigenvalue weighted by atomic mass is 10.2. The van der Waals surface area contributed by atoms with E-state index in [0.29, 0.717) is 10.0 Å². The SMILES string of the molecule is Clc1ccc2sc(CBr)cc2c1Cl. The molecule has 4 heteroatoms. The highest BCUT2D eigenvalue weighted by molar-refractivity contribution is 9.08. The molecule has 0 aliphatic carbocycles. The molecular weight excluding hydrogens is 291 g/mol. The monoisotopic (exact) mass is 294 g/mol. The Balaban J connectivity index is 2.76. The highest BCUT2D eigenvalue weighted by Gasteiger charge is 2.06. The topological polar surface area (TPSA) is 0 Å². The smallest absolute Gasteiger partial charge is 0.0679 e. The highest BCUT2D eigenvalue weighted by atomic mass is 79.9. The van der Waals surface area contributed by atoms with Crippen molar-refractivity contribution in [2.75, 3.05) is 0 Å². The van der Waals surface area contributed by atoms with E-state index in [1.54, 1.807) is 11.3 Å². The molecule has 2 aromatic rings. The van der Waals surface area contributed by atoms with Crippen LogP contribution in [0.5, 0.6) is 0 Å². The Bertz CT molecular complexity index is 450. The summed E-state index contributed by atoms with van der Waals surface area (Å²) in [6, 6.07) is 5.91. The zero-order chi connectivity index (χ0) is 9.42. The molecule has 0 saturated carbocycles. The third-order valence-electron chi connectivity index (χ3n) is 1.77. The minimum Gasteiger partial charge on any atom is -0.139 e. The van der Waals surface area contributed by atoms with Gasteiger partial charge in [0.05, 0.1) is 10.0 Å². The van der Waals surface area contributed by atoms with E-state index in [1.165, 1.54) is 9.58 Å². The number of rotatable bonds is 1. The lowest BCUT2D eigenvalue weighted by Gasteiger charge is -1.95. The summed E-state index contributed by atoms with van der Waals surface area (Å²) in [5.41, 5.74) is 0. The summed E-state index contributed by atoms with van der Waals surface area (Å²) in [4.78, 5) is 1.26. The summed E-state index contributed by atoms with van der Waals surface area (Å²) in [5, 5.41) is 3.18. The van der Waals surface area contributed by atoms with Crippen LogP contribution in [0.15, 0.2) is 18.2 Å². The van der Waals surface area contributed by atoms with Crippen LogP contribution < -0.4 is 0 Å². The van der Waals surface area contributed by atoms with Gasteiger partial charge in [-0.15, -0.1) is 11.3 Å². The van der Waals surface area contributed by atoms with Crippen LogP contribution in [0.1, 0.15) is 4.88 Å². The quantitative estimate of drug-likeness (QED) is 0.642. The van der Waals surface area contributed by atoms with Gasteiger partial charge in [-0.1, -0.05) is 39.1 Å². The zero-order valence-corrected chi connectivity index (χ0v) is 10.4. The Kier molecular flexibility index (Phi) is 2.84. The van der Waals surface area contributed by atoms with Gasteiger partial charge in [0.2, 0.25) is 0 Å². The minimum atomic E-state index is 0.619. The summed E-state index contributed by atoms with van der Waals surface area (Å²) in [5.74, 6) is 0. The Morgan fingerprint density at radius 3 is 2.77 bits per heavy atom. The lowest BCUT2D eigenvalue weighted by molar-refractivity contribution is 1.60. The minimum absolute atomic E-state index is 0.619. The van der Waals surface area contributed by atoms with Crippen LogP contribution in [0.2, 0.25) is 10.0 Å². The van der Waals surface area contributed by atoms with Gasteiger partial charge in [-0.25, -0.2) is 0 Å². The Morgan fingerprint density at radius 2 is 2.08 bits per heavy atom. The number of halogens is 3. The van der Waals surface area contributed by atoms with Crippen LogP contribution in [-0.4, -0.2) is 0 Å². The number of thiophene rings is 1. The van der Waals surface area contributed by atoms with Crippen molar-refractivity contribution >= 4 is 60.6 Å². The van der Waals surface area contributed by atoms with Crippen LogP contribution in [0.25, 0.3) is 10.1 Å². The third kappa shape index (κ3) is 1.73. The van der Waals surface area contributed by atoms with E-state index in [1.807, 2.05) is 12.1 Å². The fourth-order valence-electron chi connectivity index (χ4n) is 1.17. The molecule has 0 atom stereocenters. The van der Waals surface area contributed by atoms with Crippen LogP contribution in [0, 0.1) is 0 Å². The molecule has 1 aromatic heterocycles. The van der Waals surface area contributed by atoms with E-state index >= 15 is 0 Å². The first-order valence-corrected chi connectivity index (χ1v) is 6.34. The summed E-state index contributed by atoms with van der Waals surface area (Å²) < 4.78 is 1.18. The van der Waals surface area contributed by atoms with Crippen LogP contribution >= 0.6 is 50.5 Å². The number of fused-ring (bicyclic) bond motifs is 1. The maximum atomic E-state index is 6.06. The molecule has 0 N–H and O–H groups in total. The van der Waals surface area contributed by atoms with Gasteiger partial charge in [-0.2, -0.15) is 0 Å². The van der Waals surface area contributed by atoms with E-state index in [4.69, 9.17) is 23.2 Å². The average Bonchev–Trinajstić information content (AvgIpc) is 2.55. The van der Waals surface area contributed by atoms with Crippen molar-refractivity contribution < 1.29 is 0 Å². The molecule has 0 saturated heterocycles. The Labute approximate surface area is 98.6 Å². The van der Waals surface area contributed by atoms with Crippen molar-refractivity contribution in [2.45, 2.75) is 5.33 Å². The number of hydrogen-bond acceptors (Lipinski definition) is 1. The first-order valence-electron chi connectivity index (χ1n) is 3.65. The maximum absolute atomic E-state index is 6.06. The largest absolute Gasteiger partial charge is 0.139 e. The second-order valence-corrected chi connectivity index (χ2v) is 5.13. The van der Waals surface area contributed by atoms with Gasteiger partial charge in [0.25, 0.3) is 0 Å². The first-order chi connectivity index (χ1) is 6.22. The van der Waals surface area contributed by atoms with Crippen LogP contribution in [0.3, 0.4) is 0 Å². The molecule has 0 radical (unpaired) electrons. The van der Waals surface area contributed by atoms with Gasteiger partial charge in [-0.05, 0) is 18.2 Å². The molecule has 13 heavy (non-hydrogen) atoms. The molecule has 1 heterocycles. The fraction of sp³-hybridized carbons (Fsp3) is 0.111. The normalized spacial score (nSPS) is 11.0. The summed E-state index contributed by atoms with van der Waals surface area (Å²) in [6.45, 7) is 0. The second-order valence-electron chi connectivity index (χ2n) is 2.62. The predicted octanol–water partition coefficient (Wildman–Crippen LogP) is 5.10. The molecule has 0 amide bonds. The molecule has 2 rings (SSSR count). The van der Waals surface area contributed by atoms with E-state index in [2.05, 4.69) is 22.0 Å². The van der Waals surface area contributed by atoms with E-state index in [-0.39, 0.29) is 0 Å². The molecule has 0 nitrogen and oxygen atoms in total. The molecule has 0 unspecified atom stereocenters. The van der Waals surface area contributed by atoms with Crippen LogP contribution in [0.4, 0.5) is 0 Å². The van der Waals surface area contributed by atoms with Gasteiger partial charge in [0, 0.05) is 20.3 Å². The molecule has 68 valence electrons. The average molecular weight is 296 g/mol. The molecular formula is C9H5BrCl2S. The number of hydrogen-bond donors (Lipinski definition) is 0. The predicted molar refractivity (Wildman–Crippen MR) is 64.5 cm³/mol. The summed E-state index contributed by atoms with van der Waals surface area (Å²) in [7, 11) is 0. The van der Waals surface area contributed by atoms with Crippen molar-refractivity contribution in [1.82, 2.24) is 0 Å². The standard InChI is InChI=1S/C9H5BrCl2S/c10-4-5-3-6-8(13-5)2-1-7(11)9(6)12/h1-3H,4H2. The van der Waals surface area contributed by atoms with Crippen molar-refractivity contribution in [1.29, 1.82) is 0 Å². The van der Waals surface area contributed by atoms with Crippen molar-refractivity contribution in [2.24, 2.45) is 0 Å². The molecule has 0 fully saturated rings. The van der Waals surface area contributed by atoms with Gasteiger partial charge in [-0.3, -0.25) is 0 Å². The molecule has 0 bridgehead atoms. The van der Waals surface area contributed by atoms with E-state index in [0.717, 1.165) is 10.7 Å². The third-order valence-corrected chi connectivity index (χ3v) is 4.67. The fourth-order valence-corrected chi connectivity index (χ4v) is 3.04. The number of benzene rings is 1. The second kappa shape index (κ2) is 3.77. The number of alkyl halides is 1. The van der Waals surface area contributed by atoms with Gasteiger partial charge in [0.1, 0.15) is 0 Å². The molecule has 0 aliphatic rings. The Hall–Kier alpha value is 0.240.